The number of aromatic nitrogens is 2. The Morgan fingerprint density at radius 1 is 1.40 bits per heavy atom. The van der Waals surface area contributed by atoms with Crippen LogP contribution in [0.4, 0.5) is 0 Å². The Morgan fingerprint density at radius 2 is 2.10 bits per heavy atom. The lowest BCUT2D eigenvalue weighted by molar-refractivity contribution is -0.155. The highest BCUT2D eigenvalue weighted by Crippen LogP contribution is 2.01. The van der Waals surface area contributed by atoms with Crippen LogP contribution in [0.25, 0.3) is 0 Å². The lowest BCUT2D eigenvalue weighted by atomic mass is 10.2. The monoisotopic (exact) mass is 281 g/mol. The van der Waals surface area contributed by atoms with Gasteiger partial charge >= 0.3 is 11.9 Å². The van der Waals surface area contributed by atoms with Crippen LogP contribution in [0.1, 0.15) is 25.6 Å². The molecular weight excluding hydrogens is 262 g/mol. The third-order valence-corrected chi connectivity index (χ3v) is 2.42. The molecule has 1 aromatic heterocycles. The summed E-state index contributed by atoms with van der Waals surface area (Å²) >= 11 is 0. The number of hydrogen-bond acceptors (Lipinski definition) is 5. The molecule has 1 heterocycles. The molecule has 0 saturated heterocycles. The summed E-state index contributed by atoms with van der Waals surface area (Å²) in [5.41, 5.74) is 0. The zero-order valence-electron chi connectivity index (χ0n) is 11.9. The van der Waals surface area contributed by atoms with Crippen LogP contribution in [0.15, 0.2) is 16.7 Å². The zero-order valence-corrected chi connectivity index (χ0v) is 11.9. The Labute approximate surface area is 117 Å². The molecule has 0 atom stereocenters. The van der Waals surface area contributed by atoms with Crippen LogP contribution < -0.4 is 0 Å². The van der Waals surface area contributed by atoms with Crippen molar-refractivity contribution < 1.29 is 19.2 Å². The van der Waals surface area contributed by atoms with Gasteiger partial charge in [-0.3, -0.25) is 4.79 Å². The van der Waals surface area contributed by atoms with E-state index in [1.54, 1.807) is 19.1 Å². The molecule has 0 bridgehead atoms. The standard InChI is InChI=1S/C13H19N3O4/c1-9(2)8-16(12(17)13(18)19)7-5-4-6-11-14-10(3)20-15-11/h4-5,9H,6-8H2,1-3H3,(H,18,19)/b5-4+. The summed E-state index contributed by atoms with van der Waals surface area (Å²) in [4.78, 5) is 27.6. The zero-order chi connectivity index (χ0) is 15.1. The second-order valence-electron chi connectivity index (χ2n) is 4.81. The number of carboxylic acid groups (broad SMARTS) is 1. The molecule has 0 saturated carbocycles. The van der Waals surface area contributed by atoms with Crippen molar-refractivity contribution in [3.63, 3.8) is 0 Å². The predicted molar refractivity (Wildman–Crippen MR) is 70.9 cm³/mol. The average Bonchev–Trinajstić information content (AvgIpc) is 2.77. The number of aryl methyl sites for hydroxylation is 1. The first-order valence-corrected chi connectivity index (χ1v) is 6.36. The molecule has 1 amide bonds. The molecule has 0 aliphatic rings. The lowest BCUT2D eigenvalue weighted by Gasteiger charge is -2.20. The molecule has 7 heteroatoms. The van der Waals surface area contributed by atoms with Gasteiger partial charge in [0, 0.05) is 26.4 Å². The Balaban J connectivity index is 2.52. The summed E-state index contributed by atoms with van der Waals surface area (Å²) in [7, 11) is 0. The van der Waals surface area contributed by atoms with Crippen LogP contribution in [-0.4, -0.2) is 45.1 Å². The first-order chi connectivity index (χ1) is 9.40. The molecule has 0 aliphatic carbocycles. The molecular formula is C13H19N3O4. The third kappa shape index (κ3) is 5.21. The number of amides is 1. The van der Waals surface area contributed by atoms with Crippen molar-refractivity contribution in [1.82, 2.24) is 15.0 Å². The van der Waals surface area contributed by atoms with Gasteiger partial charge in [-0.05, 0) is 5.92 Å². The van der Waals surface area contributed by atoms with E-state index in [-0.39, 0.29) is 12.5 Å². The van der Waals surface area contributed by atoms with E-state index in [4.69, 9.17) is 9.63 Å². The van der Waals surface area contributed by atoms with Crippen LogP contribution in [0.5, 0.6) is 0 Å². The van der Waals surface area contributed by atoms with Gasteiger partial charge in [-0.15, -0.1) is 0 Å². The molecule has 110 valence electrons. The van der Waals surface area contributed by atoms with Crippen molar-refractivity contribution in [2.45, 2.75) is 27.2 Å². The summed E-state index contributed by atoms with van der Waals surface area (Å²) in [5, 5.41) is 12.5. The van der Waals surface area contributed by atoms with Crippen molar-refractivity contribution in [2.75, 3.05) is 13.1 Å². The Morgan fingerprint density at radius 3 is 2.60 bits per heavy atom. The maximum absolute atomic E-state index is 11.5. The Kier molecular flexibility index (Phi) is 5.89. The van der Waals surface area contributed by atoms with Gasteiger partial charge in [-0.1, -0.05) is 31.2 Å². The summed E-state index contributed by atoms with van der Waals surface area (Å²) in [6.45, 7) is 6.20. The number of nitrogens with zero attached hydrogens (tertiary/aromatic N) is 3. The molecule has 1 N–H and O–H groups in total. The molecule has 7 nitrogen and oxygen atoms in total. The largest absolute Gasteiger partial charge is 0.474 e. The highest BCUT2D eigenvalue weighted by molar-refractivity contribution is 6.31. The second kappa shape index (κ2) is 7.42. The average molecular weight is 281 g/mol. The molecule has 0 fully saturated rings. The van der Waals surface area contributed by atoms with Gasteiger partial charge in [0.05, 0.1) is 0 Å². The number of hydrogen-bond donors (Lipinski definition) is 1. The van der Waals surface area contributed by atoms with E-state index in [0.717, 1.165) is 0 Å². The minimum absolute atomic E-state index is 0.201. The van der Waals surface area contributed by atoms with E-state index in [2.05, 4.69) is 10.1 Å². The molecule has 1 rings (SSSR count). The van der Waals surface area contributed by atoms with Crippen LogP contribution in [0, 0.1) is 12.8 Å². The van der Waals surface area contributed by atoms with E-state index < -0.39 is 11.9 Å². The molecule has 0 aromatic carbocycles. The minimum Gasteiger partial charge on any atom is -0.474 e. The Hall–Kier alpha value is -2.18. The van der Waals surface area contributed by atoms with Crippen molar-refractivity contribution in [1.29, 1.82) is 0 Å². The van der Waals surface area contributed by atoms with Crippen LogP contribution in [0.3, 0.4) is 0 Å². The van der Waals surface area contributed by atoms with Crippen molar-refractivity contribution in [3.8, 4) is 0 Å². The number of carbonyl (C=O) groups excluding carboxylic acids is 1. The highest BCUT2D eigenvalue weighted by atomic mass is 16.5. The number of allylic oxidation sites excluding steroid dienone is 1. The first-order valence-electron chi connectivity index (χ1n) is 6.36. The van der Waals surface area contributed by atoms with E-state index >= 15 is 0 Å². The Bertz CT molecular complexity index is 494. The van der Waals surface area contributed by atoms with Crippen LogP contribution >= 0.6 is 0 Å². The molecule has 1 aromatic rings. The topological polar surface area (TPSA) is 96.5 Å². The van der Waals surface area contributed by atoms with E-state index in [1.165, 1.54) is 4.90 Å². The molecule has 0 aliphatic heterocycles. The highest BCUT2D eigenvalue weighted by Gasteiger charge is 2.20. The molecule has 0 spiro atoms. The lowest BCUT2D eigenvalue weighted by Crippen LogP contribution is -2.39. The van der Waals surface area contributed by atoms with E-state index in [0.29, 0.717) is 24.7 Å². The van der Waals surface area contributed by atoms with Gasteiger partial charge in [-0.2, -0.15) is 4.98 Å². The number of rotatable bonds is 6. The van der Waals surface area contributed by atoms with Crippen LogP contribution in [-0.2, 0) is 16.0 Å². The van der Waals surface area contributed by atoms with Crippen molar-refractivity contribution in [3.05, 3.63) is 23.9 Å². The van der Waals surface area contributed by atoms with Gasteiger partial charge in [-0.25, -0.2) is 4.79 Å². The third-order valence-electron chi connectivity index (χ3n) is 2.42. The predicted octanol–water partition coefficient (Wildman–Crippen LogP) is 1.05. The number of carbonyl (C=O) groups is 2. The van der Waals surface area contributed by atoms with Crippen molar-refractivity contribution in [2.24, 2.45) is 5.92 Å². The fourth-order valence-electron chi connectivity index (χ4n) is 1.63. The second-order valence-corrected chi connectivity index (χ2v) is 4.81. The van der Waals surface area contributed by atoms with Crippen molar-refractivity contribution >= 4 is 11.9 Å². The maximum Gasteiger partial charge on any atom is 0.394 e. The number of aliphatic carboxylic acids is 1. The van der Waals surface area contributed by atoms with Gasteiger partial charge in [0.1, 0.15) is 0 Å². The maximum atomic E-state index is 11.5. The fourth-order valence-corrected chi connectivity index (χ4v) is 1.63. The number of carboxylic acids is 1. The quantitative estimate of drug-likeness (QED) is 0.618. The minimum atomic E-state index is -1.44. The normalized spacial score (nSPS) is 11.2. The van der Waals surface area contributed by atoms with Crippen LogP contribution in [0.2, 0.25) is 0 Å². The molecule has 20 heavy (non-hydrogen) atoms. The molecule has 0 unspecified atom stereocenters. The molecule has 0 radical (unpaired) electrons. The summed E-state index contributed by atoms with van der Waals surface area (Å²) in [6.07, 6.45) is 4.00. The smallest absolute Gasteiger partial charge is 0.394 e. The van der Waals surface area contributed by atoms with Gasteiger partial charge in [0.15, 0.2) is 5.82 Å². The fraction of sp³-hybridized carbons (Fsp3) is 0.538. The van der Waals surface area contributed by atoms with E-state index in [1.807, 2.05) is 13.8 Å². The van der Waals surface area contributed by atoms with Gasteiger partial charge < -0.3 is 14.5 Å². The first kappa shape index (κ1) is 15.9. The summed E-state index contributed by atoms with van der Waals surface area (Å²) < 4.78 is 4.83. The van der Waals surface area contributed by atoms with Gasteiger partial charge in [0.25, 0.3) is 0 Å². The van der Waals surface area contributed by atoms with Gasteiger partial charge in [0.2, 0.25) is 5.89 Å². The summed E-state index contributed by atoms with van der Waals surface area (Å²) in [5.74, 6) is -1.08. The SMILES string of the molecule is Cc1nc(C/C=C/CN(CC(C)C)C(=O)C(=O)O)no1. The summed E-state index contributed by atoms with van der Waals surface area (Å²) in [6, 6.07) is 0. The van der Waals surface area contributed by atoms with E-state index in [9.17, 15) is 9.59 Å².